The lowest BCUT2D eigenvalue weighted by molar-refractivity contribution is 0.685. The number of anilines is 1. The van der Waals surface area contributed by atoms with Gasteiger partial charge in [0, 0.05) is 13.1 Å². The quantitative estimate of drug-likeness (QED) is 0.665. The fourth-order valence-electron chi connectivity index (χ4n) is 1.38. The van der Waals surface area contributed by atoms with Crippen molar-refractivity contribution in [2.24, 2.45) is 0 Å². The minimum atomic E-state index is 0.645. The molecule has 86 valence electrons. The smallest absolute Gasteiger partial charge is 0.199 e. The van der Waals surface area contributed by atoms with Crippen molar-refractivity contribution in [2.75, 3.05) is 25.0 Å². The fraction of sp³-hybridized carbons (Fsp3) is 0.556. The number of hydrogen-bond acceptors (Lipinski definition) is 6. The number of fused-ring (bicyclic) bond motifs is 1. The monoisotopic (exact) mass is 221 g/mol. The number of nitrogens with one attached hydrogen (secondary N) is 2. The lowest BCUT2D eigenvalue weighted by atomic mass is 10.4. The lowest BCUT2D eigenvalue weighted by Gasteiger charge is -2.07. The molecule has 0 aromatic carbocycles. The number of aromatic nitrogens is 5. The van der Waals surface area contributed by atoms with Crippen molar-refractivity contribution in [3.8, 4) is 0 Å². The molecule has 0 bridgehead atoms. The van der Waals surface area contributed by atoms with Crippen LogP contribution in [0.3, 0.4) is 0 Å². The molecule has 0 saturated heterocycles. The molecule has 2 N–H and O–H groups in total. The Morgan fingerprint density at radius 2 is 2.19 bits per heavy atom. The molecule has 7 heteroatoms. The van der Waals surface area contributed by atoms with E-state index in [-0.39, 0.29) is 0 Å². The van der Waals surface area contributed by atoms with Crippen molar-refractivity contribution in [3.05, 3.63) is 12.4 Å². The van der Waals surface area contributed by atoms with Crippen LogP contribution in [0.15, 0.2) is 12.4 Å². The molecule has 2 aromatic heterocycles. The van der Waals surface area contributed by atoms with Gasteiger partial charge in [-0.15, -0.1) is 5.10 Å². The summed E-state index contributed by atoms with van der Waals surface area (Å²) in [7, 11) is 0. The largest absolute Gasteiger partial charge is 0.367 e. The van der Waals surface area contributed by atoms with E-state index in [0.29, 0.717) is 5.65 Å². The van der Waals surface area contributed by atoms with Crippen LogP contribution in [0.25, 0.3) is 5.65 Å². The number of rotatable bonds is 6. The highest BCUT2D eigenvalue weighted by Gasteiger charge is 2.02. The highest BCUT2D eigenvalue weighted by atomic mass is 15.5. The second-order valence-electron chi connectivity index (χ2n) is 3.42. The highest BCUT2D eigenvalue weighted by Crippen LogP contribution is 2.04. The third kappa shape index (κ3) is 2.43. The van der Waals surface area contributed by atoms with Gasteiger partial charge in [-0.2, -0.15) is 4.52 Å². The molecule has 0 fully saturated rings. The Morgan fingerprint density at radius 3 is 3.06 bits per heavy atom. The molecular formula is C9H15N7. The maximum atomic E-state index is 4.05. The molecule has 0 aliphatic rings. The Kier molecular flexibility index (Phi) is 3.60. The number of hydrogen-bond donors (Lipinski definition) is 2. The Morgan fingerprint density at radius 1 is 1.25 bits per heavy atom. The second-order valence-corrected chi connectivity index (χ2v) is 3.42. The molecule has 0 radical (unpaired) electrons. The van der Waals surface area contributed by atoms with E-state index in [1.807, 2.05) is 0 Å². The molecule has 0 unspecified atom stereocenters. The zero-order chi connectivity index (χ0) is 11.2. The predicted molar refractivity (Wildman–Crippen MR) is 60.2 cm³/mol. The van der Waals surface area contributed by atoms with Crippen LogP contribution in [-0.2, 0) is 0 Å². The summed E-state index contributed by atoms with van der Waals surface area (Å²) < 4.78 is 1.63. The summed E-state index contributed by atoms with van der Waals surface area (Å²) in [4.78, 5) is 4.05. The number of tetrazole rings is 1. The summed E-state index contributed by atoms with van der Waals surface area (Å²) in [6.07, 6.45) is 4.48. The minimum Gasteiger partial charge on any atom is -0.367 e. The summed E-state index contributed by atoms with van der Waals surface area (Å²) in [6, 6.07) is 0. The molecule has 16 heavy (non-hydrogen) atoms. The summed E-state index contributed by atoms with van der Waals surface area (Å²) >= 11 is 0. The summed E-state index contributed by atoms with van der Waals surface area (Å²) in [6.45, 7) is 4.91. The van der Waals surface area contributed by atoms with Crippen LogP contribution in [-0.4, -0.2) is 44.7 Å². The molecule has 0 spiro atoms. The third-order valence-electron chi connectivity index (χ3n) is 2.14. The molecule has 0 amide bonds. The highest BCUT2D eigenvalue weighted by molar-refractivity contribution is 5.43. The SMILES string of the molecule is CCCNCCNc1cncc2nnnn12. The van der Waals surface area contributed by atoms with Gasteiger partial charge in [0.15, 0.2) is 5.65 Å². The molecule has 2 aromatic rings. The normalized spacial score (nSPS) is 10.8. The molecule has 0 saturated carbocycles. The van der Waals surface area contributed by atoms with Crippen molar-refractivity contribution in [2.45, 2.75) is 13.3 Å². The topological polar surface area (TPSA) is 80.0 Å². The molecule has 2 rings (SSSR count). The zero-order valence-electron chi connectivity index (χ0n) is 9.22. The van der Waals surface area contributed by atoms with Crippen LogP contribution in [0.4, 0.5) is 5.82 Å². The van der Waals surface area contributed by atoms with Gasteiger partial charge >= 0.3 is 0 Å². The first-order chi connectivity index (χ1) is 7.92. The van der Waals surface area contributed by atoms with E-state index >= 15 is 0 Å². The first-order valence-electron chi connectivity index (χ1n) is 5.38. The van der Waals surface area contributed by atoms with Gasteiger partial charge in [0.05, 0.1) is 12.4 Å². The summed E-state index contributed by atoms with van der Waals surface area (Å²) in [5.74, 6) is 0.806. The Balaban J connectivity index is 1.91. The van der Waals surface area contributed by atoms with Gasteiger partial charge in [0.2, 0.25) is 0 Å². The van der Waals surface area contributed by atoms with Crippen molar-refractivity contribution in [3.63, 3.8) is 0 Å². The maximum Gasteiger partial charge on any atom is 0.199 e. The van der Waals surface area contributed by atoms with Crippen molar-refractivity contribution in [1.82, 2.24) is 30.3 Å². The number of nitrogens with zero attached hydrogens (tertiary/aromatic N) is 5. The van der Waals surface area contributed by atoms with Gasteiger partial charge in [-0.05, 0) is 23.4 Å². The standard InChI is InChI=1S/C9H15N7/c1-2-3-10-4-5-12-8-6-11-7-9-13-14-15-16(8)9/h6-7,10,12H,2-5H2,1H3. The molecular weight excluding hydrogens is 206 g/mol. The Hall–Kier alpha value is -1.76. The fourth-order valence-corrected chi connectivity index (χ4v) is 1.38. The van der Waals surface area contributed by atoms with E-state index in [4.69, 9.17) is 0 Å². The van der Waals surface area contributed by atoms with Crippen LogP contribution >= 0.6 is 0 Å². The van der Waals surface area contributed by atoms with Gasteiger partial charge in [-0.25, -0.2) is 0 Å². The Bertz CT molecular complexity index is 438. The lowest BCUT2D eigenvalue weighted by Crippen LogP contribution is -2.23. The minimum absolute atomic E-state index is 0.645. The van der Waals surface area contributed by atoms with Gasteiger partial charge in [-0.1, -0.05) is 6.92 Å². The van der Waals surface area contributed by atoms with E-state index < -0.39 is 0 Å². The molecule has 7 nitrogen and oxygen atoms in total. The average Bonchev–Trinajstić information content (AvgIpc) is 2.77. The van der Waals surface area contributed by atoms with Gasteiger partial charge in [0.25, 0.3) is 0 Å². The van der Waals surface area contributed by atoms with Crippen molar-refractivity contribution >= 4 is 11.5 Å². The van der Waals surface area contributed by atoms with Crippen molar-refractivity contribution < 1.29 is 0 Å². The van der Waals surface area contributed by atoms with Gasteiger partial charge in [0.1, 0.15) is 5.82 Å². The van der Waals surface area contributed by atoms with Gasteiger partial charge < -0.3 is 10.6 Å². The molecule has 2 heterocycles. The first kappa shape index (κ1) is 10.7. The van der Waals surface area contributed by atoms with Crippen LogP contribution in [0.2, 0.25) is 0 Å². The maximum absolute atomic E-state index is 4.05. The second kappa shape index (κ2) is 5.36. The average molecular weight is 221 g/mol. The molecule has 0 aliphatic carbocycles. The zero-order valence-corrected chi connectivity index (χ0v) is 9.22. The first-order valence-corrected chi connectivity index (χ1v) is 5.38. The van der Waals surface area contributed by atoms with E-state index in [2.05, 4.69) is 38.1 Å². The van der Waals surface area contributed by atoms with Crippen LogP contribution in [0.1, 0.15) is 13.3 Å². The van der Waals surface area contributed by atoms with Crippen molar-refractivity contribution in [1.29, 1.82) is 0 Å². The third-order valence-corrected chi connectivity index (χ3v) is 2.14. The van der Waals surface area contributed by atoms with E-state index in [0.717, 1.165) is 31.9 Å². The van der Waals surface area contributed by atoms with Crippen LogP contribution < -0.4 is 10.6 Å². The molecule has 0 aliphatic heterocycles. The van der Waals surface area contributed by atoms with Gasteiger partial charge in [-0.3, -0.25) is 4.98 Å². The predicted octanol–water partition coefficient (Wildman–Crippen LogP) is -0.0692. The summed E-state index contributed by atoms with van der Waals surface area (Å²) in [5, 5.41) is 17.8. The Labute approximate surface area is 93.3 Å². The summed E-state index contributed by atoms with van der Waals surface area (Å²) in [5.41, 5.74) is 0.645. The van der Waals surface area contributed by atoms with Crippen LogP contribution in [0.5, 0.6) is 0 Å². The van der Waals surface area contributed by atoms with E-state index in [9.17, 15) is 0 Å². The molecule has 0 atom stereocenters. The van der Waals surface area contributed by atoms with E-state index in [1.54, 1.807) is 16.9 Å². The van der Waals surface area contributed by atoms with Crippen LogP contribution in [0, 0.1) is 0 Å². The van der Waals surface area contributed by atoms with E-state index in [1.165, 1.54) is 0 Å².